The van der Waals surface area contributed by atoms with E-state index in [2.05, 4.69) is 22.3 Å². The minimum Gasteiger partial charge on any atom is -0.465 e. The van der Waals surface area contributed by atoms with Crippen LogP contribution in [0.15, 0.2) is 18.2 Å². The van der Waals surface area contributed by atoms with Crippen LogP contribution in [0, 0.1) is 12.8 Å². The molecule has 1 aromatic rings. The zero-order valence-corrected chi connectivity index (χ0v) is 12.0. The molecular formula is C15H20N2O3. The summed E-state index contributed by atoms with van der Waals surface area (Å²) in [6.45, 7) is 4.81. The van der Waals surface area contributed by atoms with Gasteiger partial charge in [-0.25, -0.2) is 4.79 Å². The molecule has 2 N–H and O–H groups in total. The Bertz CT molecular complexity index is 528. The summed E-state index contributed by atoms with van der Waals surface area (Å²) in [4.78, 5) is 23.8. The SMILES string of the molecule is COC(=O)c1ccc(C)c(NC(=O)C2NCCC2C)c1. The summed E-state index contributed by atoms with van der Waals surface area (Å²) in [5.41, 5.74) is 2.00. The Morgan fingerprint density at radius 1 is 1.40 bits per heavy atom. The van der Waals surface area contributed by atoms with Crippen LogP contribution >= 0.6 is 0 Å². The lowest BCUT2D eigenvalue weighted by Crippen LogP contribution is -2.39. The highest BCUT2D eigenvalue weighted by molar-refractivity contribution is 5.98. The molecule has 1 fully saturated rings. The fraction of sp³-hybridized carbons (Fsp3) is 0.467. The van der Waals surface area contributed by atoms with E-state index in [1.807, 2.05) is 6.92 Å². The van der Waals surface area contributed by atoms with Gasteiger partial charge in [-0.3, -0.25) is 4.79 Å². The van der Waals surface area contributed by atoms with Crippen LogP contribution in [0.2, 0.25) is 0 Å². The first-order valence-electron chi connectivity index (χ1n) is 6.76. The number of nitrogens with one attached hydrogen (secondary N) is 2. The summed E-state index contributed by atoms with van der Waals surface area (Å²) in [6.07, 6.45) is 0.999. The molecule has 2 rings (SSSR count). The van der Waals surface area contributed by atoms with Gasteiger partial charge in [-0.15, -0.1) is 0 Å². The van der Waals surface area contributed by atoms with Crippen molar-refractivity contribution in [3.05, 3.63) is 29.3 Å². The third kappa shape index (κ3) is 2.99. The monoisotopic (exact) mass is 276 g/mol. The largest absolute Gasteiger partial charge is 0.465 e. The summed E-state index contributed by atoms with van der Waals surface area (Å²) >= 11 is 0. The number of ether oxygens (including phenoxy) is 1. The highest BCUT2D eigenvalue weighted by Crippen LogP contribution is 2.20. The van der Waals surface area contributed by atoms with E-state index in [9.17, 15) is 9.59 Å². The number of amides is 1. The molecule has 2 unspecified atom stereocenters. The van der Waals surface area contributed by atoms with Gasteiger partial charge in [0.05, 0.1) is 18.7 Å². The number of esters is 1. The molecular weight excluding hydrogens is 256 g/mol. The van der Waals surface area contributed by atoms with E-state index in [1.165, 1.54) is 7.11 Å². The maximum absolute atomic E-state index is 12.2. The lowest BCUT2D eigenvalue weighted by molar-refractivity contribution is -0.118. The van der Waals surface area contributed by atoms with Gasteiger partial charge in [-0.2, -0.15) is 0 Å². The molecule has 0 aliphatic carbocycles. The van der Waals surface area contributed by atoms with Crippen molar-refractivity contribution in [2.75, 3.05) is 19.0 Å². The van der Waals surface area contributed by atoms with Gasteiger partial charge in [0.15, 0.2) is 0 Å². The van der Waals surface area contributed by atoms with Crippen molar-refractivity contribution < 1.29 is 14.3 Å². The number of methoxy groups -OCH3 is 1. The zero-order chi connectivity index (χ0) is 14.7. The lowest BCUT2D eigenvalue weighted by Gasteiger charge is -2.17. The molecule has 0 bridgehead atoms. The van der Waals surface area contributed by atoms with E-state index in [1.54, 1.807) is 18.2 Å². The first-order chi connectivity index (χ1) is 9.52. The Morgan fingerprint density at radius 3 is 2.75 bits per heavy atom. The van der Waals surface area contributed by atoms with Gasteiger partial charge >= 0.3 is 5.97 Å². The average molecular weight is 276 g/mol. The maximum Gasteiger partial charge on any atom is 0.337 e. The van der Waals surface area contributed by atoms with Crippen LogP contribution in [0.5, 0.6) is 0 Å². The van der Waals surface area contributed by atoms with Crippen molar-refractivity contribution in [3.63, 3.8) is 0 Å². The van der Waals surface area contributed by atoms with Gasteiger partial charge in [0.25, 0.3) is 0 Å². The third-order valence-corrected chi connectivity index (χ3v) is 3.73. The molecule has 20 heavy (non-hydrogen) atoms. The number of hydrogen-bond acceptors (Lipinski definition) is 4. The fourth-order valence-corrected chi connectivity index (χ4v) is 2.40. The predicted octanol–water partition coefficient (Wildman–Crippen LogP) is 1.72. The molecule has 1 amide bonds. The van der Waals surface area contributed by atoms with Crippen LogP contribution in [0.25, 0.3) is 0 Å². The van der Waals surface area contributed by atoms with E-state index in [4.69, 9.17) is 0 Å². The Kier molecular flexibility index (Phi) is 4.39. The number of carbonyl (C=O) groups excluding carboxylic acids is 2. The Hall–Kier alpha value is -1.88. The summed E-state index contributed by atoms with van der Waals surface area (Å²) < 4.78 is 4.69. The molecule has 0 radical (unpaired) electrons. The van der Waals surface area contributed by atoms with Crippen molar-refractivity contribution in [1.82, 2.24) is 5.32 Å². The minimum absolute atomic E-state index is 0.0554. The quantitative estimate of drug-likeness (QED) is 0.825. The van der Waals surface area contributed by atoms with E-state index in [0.29, 0.717) is 17.2 Å². The molecule has 5 nitrogen and oxygen atoms in total. The van der Waals surface area contributed by atoms with Crippen LogP contribution < -0.4 is 10.6 Å². The molecule has 1 aliphatic heterocycles. The first kappa shape index (κ1) is 14.5. The summed E-state index contributed by atoms with van der Waals surface area (Å²) in [7, 11) is 1.34. The van der Waals surface area contributed by atoms with Gasteiger partial charge in [-0.1, -0.05) is 13.0 Å². The normalized spacial score (nSPS) is 21.6. The number of aryl methyl sites for hydroxylation is 1. The number of hydrogen-bond donors (Lipinski definition) is 2. The third-order valence-electron chi connectivity index (χ3n) is 3.73. The molecule has 0 saturated carbocycles. The van der Waals surface area contributed by atoms with Crippen molar-refractivity contribution >= 4 is 17.6 Å². The highest BCUT2D eigenvalue weighted by atomic mass is 16.5. The Balaban J connectivity index is 2.16. The molecule has 0 spiro atoms. The Morgan fingerprint density at radius 2 is 2.15 bits per heavy atom. The molecule has 0 aromatic heterocycles. The van der Waals surface area contributed by atoms with Crippen LogP contribution in [0.4, 0.5) is 5.69 Å². The molecule has 2 atom stereocenters. The molecule has 1 saturated heterocycles. The fourth-order valence-electron chi connectivity index (χ4n) is 2.40. The maximum atomic E-state index is 12.2. The van der Waals surface area contributed by atoms with E-state index in [0.717, 1.165) is 18.5 Å². The van der Waals surface area contributed by atoms with Crippen molar-refractivity contribution in [2.24, 2.45) is 5.92 Å². The summed E-state index contributed by atoms with van der Waals surface area (Å²) in [5, 5.41) is 6.08. The molecule has 5 heteroatoms. The lowest BCUT2D eigenvalue weighted by atomic mass is 10.0. The standard InChI is InChI=1S/C15H20N2O3/c1-9-4-5-11(15(19)20-3)8-12(9)17-14(18)13-10(2)6-7-16-13/h4-5,8,10,13,16H,6-7H2,1-3H3,(H,17,18). The minimum atomic E-state index is -0.409. The van der Waals surface area contributed by atoms with Crippen molar-refractivity contribution in [1.29, 1.82) is 0 Å². The molecule has 108 valence electrons. The van der Waals surface area contributed by atoms with Crippen molar-refractivity contribution in [3.8, 4) is 0 Å². The molecule has 1 aliphatic rings. The average Bonchev–Trinajstić information content (AvgIpc) is 2.86. The summed E-state index contributed by atoms with van der Waals surface area (Å²) in [6, 6.07) is 4.97. The summed E-state index contributed by atoms with van der Waals surface area (Å²) in [5.74, 6) is -0.146. The number of anilines is 1. The first-order valence-corrected chi connectivity index (χ1v) is 6.76. The second-order valence-corrected chi connectivity index (χ2v) is 5.21. The van der Waals surface area contributed by atoms with Gasteiger partial charge in [0, 0.05) is 5.69 Å². The number of rotatable bonds is 3. The molecule has 1 heterocycles. The van der Waals surface area contributed by atoms with Crippen LogP contribution in [-0.4, -0.2) is 31.6 Å². The smallest absolute Gasteiger partial charge is 0.337 e. The van der Waals surface area contributed by atoms with Crippen LogP contribution in [0.3, 0.4) is 0 Å². The Labute approximate surface area is 118 Å². The van der Waals surface area contributed by atoms with Crippen molar-refractivity contribution in [2.45, 2.75) is 26.3 Å². The predicted molar refractivity (Wildman–Crippen MR) is 76.7 cm³/mol. The highest BCUT2D eigenvalue weighted by Gasteiger charge is 2.29. The van der Waals surface area contributed by atoms with Gasteiger partial charge in [-0.05, 0) is 43.5 Å². The number of carbonyl (C=O) groups is 2. The second kappa shape index (κ2) is 6.05. The van der Waals surface area contributed by atoms with Gasteiger partial charge in [0.2, 0.25) is 5.91 Å². The molecule has 1 aromatic carbocycles. The van der Waals surface area contributed by atoms with Gasteiger partial charge in [0.1, 0.15) is 0 Å². The van der Waals surface area contributed by atoms with E-state index < -0.39 is 5.97 Å². The zero-order valence-electron chi connectivity index (χ0n) is 12.0. The second-order valence-electron chi connectivity index (χ2n) is 5.21. The topological polar surface area (TPSA) is 67.4 Å². The van der Waals surface area contributed by atoms with E-state index >= 15 is 0 Å². The van der Waals surface area contributed by atoms with E-state index in [-0.39, 0.29) is 11.9 Å². The van der Waals surface area contributed by atoms with Crippen LogP contribution in [-0.2, 0) is 9.53 Å². The number of benzene rings is 1. The van der Waals surface area contributed by atoms with Gasteiger partial charge < -0.3 is 15.4 Å². The van der Waals surface area contributed by atoms with Crippen LogP contribution in [0.1, 0.15) is 29.3 Å².